The van der Waals surface area contributed by atoms with Crippen molar-refractivity contribution in [3.05, 3.63) is 36.4 Å². The first-order chi connectivity index (χ1) is 9.22. The number of nitriles is 1. The van der Waals surface area contributed by atoms with Gasteiger partial charge in [0, 0.05) is 11.8 Å². The van der Waals surface area contributed by atoms with Gasteiger partial charge in [-0.1, -0.05) is 6.07 Å². The molecule has 0 unspecified atom stereocenters. The molecule has 0 fully saturated rings. The summed E-state index contributed by atoms with van der Waals surface area (Å²) in [5.41, 5.74) is 0.621. The van der Waals surface area contributed by atoms with Crippen molar-refractivity contribution in [1.29, 1.82) is 5.26 Å². The molecule has 0 bridgehead atoms. The fraction of sp³-hybridized carbons (Fsp3) is 0.167. The average Bonchev–Trinajstić information content (AvgIpc) is 2.86. The topological polar surface area (TPSA) is 92.8 Å². The fourth-order valence-corrected chi connectivity index (χ4v) is 1.51. The lowest BCUT2D eigenvalue weighted by Crippen LogP contribution is -2.19. The summed E-state index contributed by atoms with van der Waals surface area (Å²) >= 11 is 0. The molecule has 1 aromatic heterocycles. The van der Waals surface area contributed by atoms with Gasteiger partial charge in [0.2, 0.25) is 11.7 Å². The quantitative estimate of drug-likeness (QED) is 0.874. The van der Waals surface area contributed by atoms with Gasteiger partial charge in [-0.2, -0.15) is 5.26 Å². The second-order valence-corrected chi connectivity index (χ2v) is 3.67. The van der Waals surface area contributed by atoms with Crippen LogP contribution in [0.5, 0.6) is 5.75 Å². The van der Waals surface area contributed by atoms with Crippen LogP contribution in [-0.4, -0.2) is 27.8 Å². The van der Waals surface area contributed by atoms with E-state index in [1.807, 2.05) is 6.07 Å². The number of aromatic nitrogens is 3. The first kappa shape index (κ1) is 12.6. The molecule has 7 heteroatoms. The van der Waals surface area contributed by atoms with E-state index in [2.05, 4.69) is 15.5 Å². The van der Waals surface area contributed by atoms with E-state index in [-0.39, 0.29) is 18.3 Å². The number of anilines is 1. The molecule has 0 saturated carbocycles. The van der Waals surface area contributed by atoms with Crippen LogP contribution in [0.1, 0.15) is 5.82 Å². The largest absolute Gasteiger partial charge is 0.497 e. The van der Waals surface area contributed by atoms with Gasteiger partial charge in [0.15, 0.2) is 0 Å². The van der Waals surface area contributed by atoms with Crippen molar-refractivity contribution in [3.63, 3.8) is 0 Å². The molecule has 96 valence electrons. The Balaban J connectivity index is 2.03. The molecule has 0 atom stereocenters. The lowest BCUT2D eigenvalue weighted by molar-refractivity contribution is -0.116. The highest BCUT2D eigenvalue weighted by molar-refractivity contribution is 5.90. The Morgan fingerprint density at radius 1 is 1.58 bits per heavy atom. The van der Waals surface area contributed by atoms with Crippen LogP contribution in [0.15, 0.2) is 30.6 Å². The van der Waals surface area contributed by atoms with Crippen molar-refractivity contribution in [1.82, 2.24) is 14.8 Å². The molecule has 1 amide bonds. The van der Waals surface area contributed by atoms with Gasteiger partial charge in [-0.3, -0.25) is 9.36 Å². The van der Waals surface area contributed by atoms with E-state index in [1.54, 1.807) is 31.4 Å². The van der Waals surface area contributed by atoms with Crippen LogP contribution in [0, 0.1) is 11.3 Å². The highest BCUT2D eigenvalue weighted by Crippen LogP contribution is 2.16. The van der Waals surface area contributed by atoms with Crippen molar-refractivity contribution in [2.45, 2.75) is 6.54 Å². The second kappa shape index (κ2) is 5.64. The van der Waals surface area contributed by atoms with Gasteiger partial charge in [0.1, 0.15) is 24.7 Å². The number of methoxy groups -OCH3 is 1. The number of hydrogen-bond donors (Lipinski definition) is 1. The lowest BCUT2D eigenvalue weighted by atomic mass is 10.3. The SMILES string of the molecule is COc1cccc(NC(=O)Cn2cnnc2C#N)c1. The number of amides is 1. The maximum Gasteiger partial charge on any atom is 0.244 e. The van der Waals surface area contributed by atoms with Crippen molar-refractivity contribution in [3.8, 4) is 11.8 Å². The van der Waals surface area contributed by atoms with E-state index in [9.17, 15) is 4.79 Å². The normalized spacial score (nSPS) is 9.68. The Bertz CT molecular complexity index is 629. The predicted molar refractivity (Wildman–Crippen MR) is 66.4 cm³/mol. The van der Waals surface area contributed by atoms with E-state index in [0.29, 0.717) is 11.4 Å². The molecule has 0 spiro atoms. The van der Waals surface area contributed by atoms with Gasteiger partial charge in [0.25, 0.3) is 0 Å². The zero-order chi connectivity index (χ0) is 13.7. The molecule has 0 aliphatic heterocycles. The zero-order valence-electron chi connectivity index (χ0n) is 10.2. The van der Waals surface area contributed by atoms with Crippen molar-refractivity contribution in [2.24, 2.45) is 0 Å². The van der Waals surface area contributed by atoms with Crippen LogP contribution in [-0.2, 0) is 11.3 Å². The third-order valence-corrected chi connectivity index (χ3v) is 2.38. The number of nitrogens with one attached hydrogen (secondary N) is 1. The summed E-state index contributed by atoms with van der Waals surface area (Å²) in [6.07, 6.45) is 1.34. The smallest absolute Gasteiger partial charge is 0.244 e. The summed E-state index contributed by atoms with van der Waals surface area (Å²) in [7, 11) is 1.55. The van der Waals surface area contributed by atoms with Crippen LogP contribution < -0.4 is 10.1 Å². The minimum Gasteiger partial charge on any atom is -0.497 e. The molecular formula is C12H11N5O2. The van der Waals surface area contributed by atoms with Crippen molar-refractivity contribution < 1.29 is 9.53 Å². The minimum absolute atomic E-state index is 0.0207. The van der Waals surface area contributed by atoms with Gasteiger partial charge in [-0.05, 0) is 12.1 Å². The summed E-state index contributed by atoms with van der Waals surface area (Å²) in [5.74, 6) is 0.477. The molecule has 7 nitrogen and oxygen atoms in total. The molecule has 19 heavy (non-hydrogen) atoms. The van der Waals surface area contributed by atoms with Crippen LogP contribution in [0.3, 0.4) is 0 Å². The third-order valence-electron chi connectivity index (χ3n) is 2.38. The first-order valence-electron chi connectivity index (χ1n) is 5.44. The van der Waals surface area contributed by atoms with E-state index < -0.39 is 0 Å². The number of benzene rings is 1. The molecule has 0 saturated heterocycles. The molecule has 0 aliphatic rings. The number of carbonyl (C=O) groups is 1. The maximum absolute atomic E-state index is 11.8. The Kier molecular flexibility index (Phi) is 3.73. The Morgan fingerprint density at radius 2 is 2.42 bits per heavy atom. The number of ether oxygens (including phenoxy) is 1. The number of nitrogens with zero attached hydrogens (tertiary/aromatic N) is 4. The second-order valence-electron chi connectivity index (χ2n) is 3.67. The molecule has 2 aromatic rings. The van der Waals surface area contributed by atoms with E-state index in [1.165, 1.54) is 10.9 Å². The van der Waals surface area contributed by atoms with Crippen molar-refractivity contribution in [2.75, 3.05) is 12.4 Å². The minimum atomic E-state index is -0.274. The number of rotatable bonds is 4. The van der Waals surface area contributed by atoms with Gasteiger partial charge < -0.3 is 10.1 Å². The molecule has 1 heterocycles. The highest BCUT2D eigenvalue weighted by Gasteiger charge is 2.08. The Labute approximate surface area is 109 Å². The summed E-state index contributed by atoms with van der Waals surface area (Å²) in [4.78, 5) is 11.8. The average molecular weight is 257 g/mol. The molecule has 1 aromatic carbocycles. The van der Waals surface area contributed by atoms with Crippen LogP contribution in [0.4, 0.5) is 5.69 Å². The molecular weight excluding hydrogens is 246 g/mol. The van der Waals surface area contributed by atoms with Gasteiger partial charge in [-0.15, -0.1) is 10.2 Å². The monoisotopic (exact) mass is 257 g/mol. The highest BCUT2D eigenvalue weighted by atomic mass is 16.5. The van der Waals surface area contributed by atoms with Crippen LogP contribution >= 0.6 is 0 Å². The maximum atomic E-state index is 11.8. The van der Waals surface area contributed by atoms with Gasteiger partial charge in [-0.25, -0.2) is 0 Å². The summed E-state index contributed by atoms with van der Waals surface area (Å²) in [5, 5.41) is 18.6. The molecule has 2 rings (SSSR count). The first-order valence-corrected chi connectivity index (χ1v) is 5.44. The van der Waals surface area contributed by atoms with Crippen LogP contribution in [0.2, 0.25) is 0 Å². The van der Waals surface area contributed by atoms with Gasteiger partial charge in [0.05, 0.1) is 7.11 Å². The van der Waals surface area contributed by atoms with Crippen molar-refractivity contribution >= 4 is 11.6 Å². The molecule has 0 aliphatic carbocycles. The molecule has 1 N–H and O–H groups in total. The summed E-state index contributed by atoms with van der Waals surface area (Å²) in [6, 6.07) is 8.86. The number of hydrogen-bond acceptors (Lipinski definition) is 5. The Morgan fingerprint density at radius 3 is 3.16 bits per heavy atom. The van der Waals surface area contributed by atoms with Gasteiger partial charge >= 0.3 is 0 Å². The van der Waals surface area contributed by atoms with E-state index >= 15 is 0 Å². The lowest BCUT2D eigenvalue weighted by Gasteiger charge is -2.07. The third kappa shape index (κ3) is 3.07. The molecule has 0 radical (unpaired) electrons. The summed E-state index contributed by atoms with van der Waals surface area (Å²) < 4.78 is 6.43. The number of carbonyl (C=O) groups excluding carboxylic acids is 1. The fourth-order valence-electron chi connectivity index (χ4n) is 1.51. The predicted octanol–water partition coefficient (Wildman–Crippen LogP) is 0.797. The van der Waals surface area contributed by atoms with E-state index in [0.717, 1.165) is 0 Å². The zero-order valence-corrected chi connectivity index (χ0v) is 10.2. The van der Waals surface area contributed by atoms with E-state index in [4.69, 9.17) is 10.00 Å². The Hall–Kier alpha value is -2.88. The van der Waals surface area contributed by atoms with Crippen LogP contribution in [0.25, 0.3) is 0 Å². The standard InChI is InChI=1S/C12H11N5O2/c1-19-10-4-2-3-9(5-10)15-12(18)7-17-8-14-16-11(17)6-13/h2-5,8H,7H2,1H3,(H,15,18). The summed E-state index contributed by atoms with van der Waals surface area (Å²) in [6.45, 7) is -0.0207.